The van der Waals surface area contributed by atoms with Crippen molar-refractivity contribution in [2.24, 2.45) is 0 Å². The molecule has 0 amide bonds. The number of carbonyl (C=O) groups is 1. The molecule has 1 atom stereocenters. The highest BCUT2D eigenvalue weighted by molar-refractivity contribution is 6.30. The predicted octanol–water partition coefficient (Wildman–Crippen LogP) is 4.57. The number of aryl methyl sites for hydroxylation is 1. The summed E-state index contributed by atoms with van der Waals surface area (Å²) in [4.78, 5) is 33.2. The molecule has 0 spiro atoms. The van der Waals surface area contributed by atoms with Crippen molar-refractivity contribution in [2.75, 3.05) is 0 Å². The number of ketones is 1. The summed E-state index contributed by atoms with van der Waals surface area (Å²) in [5.41, 5.74) is 4.27. The minimum Gasteiger partial charge on any atom is -0.328 e. The summed E-state index contributed by atoms with van der Waals surface area (Å²) in [7, 11) is 0. The maximum Gasteiger partial charge on any atom is 0.262 e. The number of fused-ring (bicyclic) bond motifs is 2. The zero-order valence-electron chi connectivity index (χ0n) is 16.3. The number of H-pyrrole nitrogens is 1. The zero-order valence-corrected chi connectivity index (χ0v) is 17.0. The number of hydrogen-bond acceptors (Lipinski definition) is 3. The Labute approximate surface area is 178 Å². The van der Waals surface area contributed by atoms with E-state index >= 15 is 0 Å². The largest absolute Gasteiger partial charge is 0.328 e. The lowest BCUT2D eigenvalue weighted by Gasteiger charge is -2.24. The van der Waals surface area contributed by atoms with E-state index in [2.05, 4.69) is 9.97 Å². The monoisotopic (exact) mass is 417 g/mol. The number of hydrogen-bond donors (Lipinski definition) is 1. The summed E-state index contributed by atoms with van der Waals surface area (Å²) in [5, 5.41) is 0.609. The summed E-state index contributed by atoms with van der Waals surface area (Å²) in [6.07, 6.45) is 7.01. The van der Waals surface area contributed by atoms with Crippen molar-refractivity contribution in [1.29, 1.82) is 0 Å². The molecule has 2 aromatic heterocycles. The van der Waals surface area contributed by atoms with Crippen molar-refractivity contribution < 1.29 is 4.79 Å². The third kappa shape index (κ3) is 3.35. The highest BCUT2D eigenvalue weighted by Crippen LogP contribution is 2.31. The number of carbonyl (C=O) groups excluding carboxylic acids is 1. The van der Waals surface area contributed by atoms with Crippen LogP contribution in [0.4, 0.5) is 0 Å². The van der Waals surface area contributed by atoms with Gasteiger partial charge in [0.2, 0.25) is 5.78 Å². The Kier molecular flexibility index (Phi) is 4.75. The zero-order chi connectivity index (χ0) is 20.7. The van der Waals surface area contributed by atoms with Gasteiger partial charge >= 0.3 is 0 Å². The number of nitrogens with one attached hydrogen (secondary N) is 1. The van der Waals surface area contributed by atoms with Gasteiger partial charge in [0.15, 0.2) is 5.78 Å². The Balaban J connectivity index is 1.40. The van der Waals surface area contributed by atoms with Gasteiger partial charge in [-0.1, -0.05) is 35.9 Å². The van der Waals surface area contributed by atoms with Crippen LogP contribution in [0.5, 0.6) is 0 Å². The second kappa shape index (κ2) is 7.58. The fourth-order valence-electron chi connectivity index (χ4n) is 4.36. The van der Waals surface area contributed by atoms with Crippen LogP contribution in [0.1, 0.15) is 51.5 Å². The van der Waals surface area contributed by atoms with Gasteiger partial charge in [0.05, 0.1) is 0 Å². The Bertz CT molecular complexity index is 1290. The van der Waals surface area contributed by atoms with Crippen molar-refractivity contribution in [3.8, 4) is 0 Å². The Morgan fingerprint density at radius 3 is 2.53 bits per heavy atom. The van der Waals surface area contributed by atoms with Crippen molar-refractivity contribution in [3.63, 3.8) is 0 Å². The standard InChI is InChI=1S/C24H20ClN3O2/c25-19-10-8-17(9-11-19)22(29)16-6-4-15(5-7-16)14-18-2-1-3-20-21(18)23(30)28-13-12-26-24(28)27-20/h4-13,18H,1-3,14H2,(H,26,27). The molecule has 4 aromatic rings. The molecule has 30 heavy (non-hydrogen) atoms. The van der Waals surface area contributed by atoms with Crippen molar-refractivity contribution in [1.82, 2.24) is 14.4 Å². The fourth-order valence-corrected chi connectivity index (χ4v) is 4.48. The van der Waals surface area contributed by atoms with Crippen molar-refractivity contribution in [3.05, 3.63) is 104 Å². The SMILES string of the molecule is O=C(c1ccc(Cl)cc1)c1ccc(CC2CCCc3[nH]c4nccn4c(=O)c32)cc1. The normalized spacial score (nSPS) is 15.8. The predicted molar refractivity (Wildman–Crippen MR) is 117 cm³/mol. The lowest BCUT2D eigenvalue weighted by molar-refractivity contribution is 0.103. The van der Waals surface area contributed by atoms with E-state index < -0.39 is 0 Å². The number of halogens is 1. The topological polar surface area (TPSA) is 67.2 Å². The fraction of sp³-hybridized carbons (Fsp3) is 0.208. The van der Waals surface area contributed by atoms with Crippen LogP contribution in [0.25, 0.3) is 5.78 Å². The Morgan fingerprint density at radius 2 is 1.80 bits per heavy atom. The van der Waals surface area contributed by atoms with E-state index in [1.807, 2.05) is 24.3 Å². The molecule has 1 unspecified atom stereocenters. The summed E-state index contributed by atoms with van der Waals surface area (Å²) < 4.78 is 1.59. The van der Waals surface area contributed by atoms with E-state index in [9.17, 15) is 9.59 Å². The van der Waals surface area contributed by atoms with Crippen LogP contribution in [-0.2, 0) is 12.8 Å². The molecule has 0 aliphatic heterocycles. The maximum absolute atomic E-state index is 13.0. The third-order valence-corrected chi connectivity index (χ3v) is 6.12. The van der Waals surface area contributed by atoms with Gasteiger partial charge in [0.1, 0.15) is 0 Å². The smallest absolute Gasteiger partial charge is 0.262 e. The van der Waals surface area contributed by atoms with Crippen LogP contribution in [0.3, 0.4) is 0 Å². The van der Waals surface area contributed by atoms with Crippen LogP contribution in [-0.4, -0.2) is 20.2 Å². The molecule has 5 nitrogen and oxygen atoms in total. The van der Waals surface area contributed by atoms with Gasteiger partial charge in [-0.25, -0.2) is 4.98 Å². The quantitative estimate of drug-likeness (QED) is 0.494. The molecular formula is C24H20ClN3O2. The van der Waals surface area contributed by atoms with E-state index in [1.165, 1.54) is 0 Å². The Morgan fingerprint density at radius 1 is 1.10 bits per heavy atom. The van der Waals surface area contributed by atoms with E-state index in [-0.39, 0.29) is 17.3 Å². The second-order valence-corrected chi connectivity index (χ2v) is 8.21. The molecule has 1 N–H and O–H groups in total. The van der Waals surface area contributed by atoms with E-state index in [4.69, 9.17) is 11.6 Å². The summed E-state index contributed by atoms with van der Waals surface area (Å²) in [6, 6.07) is 14.6. The first kappa shape index (κ1) is 18.8. The van der Waals surface area contributed by atoms with Crippen LogP contribution < -0.4 is 5.56 Å². The molecule has 0 radical (unpaired) electrons. The van der Waals surface area contributed by atoms with Gasteiger partial charge in [-0.2, -0.15) is 0 Å². The highest BCUT2D eigenvalue weighted by Gasteiger charge is 2.25. The molecule has 150 valence electrons. The lowest BCUT2D eigenvalue weighted by Crippen LogP contribution is -2.27. The highest BCUT2D eigenvalue weighted by atomic mass is 35.5. The first-order chi connectivity index (χ1) is 14.6. The number of benzene rings is 2. The molecule has 6 heteroatoms. The van der Waals surface area contributed by atoms with Crippen molar-refractivity contribution >= 4 is 23.2 Å². The molecule has 2 aromatic carbocycles. The second-order valence-electron chi connectivity index (χ2n) is 7.77. The van der Waals surface area contributed by atoms with Gasteiger partial charge in [-0.15, -0.1) is 0 Å². The average Bonchev–Trinajstić information content (AvgIpc) is 3.23. The van der Waals surface area contributed by atoms with Gasteiger partial charge in [-0.3, -0.25) is 14.0 Å². The number of imidazole rings is 1. The summed E-state index contributed by atoms with van der Waals surface area (Å²) in [6.45, 7) is 0. The number of nitrogens with zero attached hydrogens (tertiary/aromatic N) is 2. The number of rotatable bonds is 4. The molecule has 0 bridgehead atoms. The maximum atomic E-state index is 13.0. The molecule has 1 aliphatic rings. The molecule has 0 fully saturated rings. The Hall–Kier alpha value is -3.18. The minimum atomic E-state index is -0.0276. The molecular weight excluding hydrogens is 398 g/mol. The first-order valence-electron chi connectivity index (χ1n) is 10.1. The van der Waals surface area contributed by atoms with Gasteiger partial charge < -0.3 is 4.98 Å². The van der Waals surface area contributed by atoms with Crippen LogP contribution in [0.2, 0.25) is 5.02 Å². The molecule has 0 saturated heterocycles. The van der Waals surface area contributed by atoms with Crippen LogP contribution in [0.15, 0.2) is 65.7 Å². The number of aromatic nitrogens is 3. The van der Waals surface area contributed by atoms with E-state index in [0.717, 1.165) is 42.5 Å². The van der Waals surface area contributed by atoms with E-state index in [0.29, 0.717) is 21.9 Å². The lowest BCUT2D eigenvalue weighted by atomic mass is 9.82. The van der Waals surface area contributed by atoms with Gasteiger partial charge in [0.25, 0.3) is 5.56 Å². The van der Waals surface area contributed by atoms with Crippen LogP contribution >= 0.6 is 11.6 Å². The van der Waals surface area contributed by atoms with E-state index in [1.54, 1.807) is 41.1 Å². The summed E-state index contributed by atoms with van der Waals surface area (Å²) >= 11 is 5.91. The van der Waals surface area contributed by atoms with Gasteiger partial charge in [-0.05, 0) is 61.4 Å². The molecule has 2 heterocycles. The molecule has 0 saturated carbocycles. The number of aromatic amines is 1. The van der Waals surface area contributed by atoms with Crippen LogP contribution in [0, 0.1) is 0 Å². The van der Waals surface area contributed by atoms with Crippen molar-refractivity contribution in [2.45, 2.75) is 31.6 Å². The van der Waals surface area contributed by atoms with Gasteiger partial charge in [0, 0.05) is 39.8 Å². The molecule has 1 aliphatic carbocycles. The molecule has 5 rings (SSSR count). The average molecular weight is 418 g/mol. The summed E-state index contributed by atoms with van der Waals surface area (Å²) in [5.74, 6) is 0.728. The minimum absolute atomic E-state index is 0.0236. The first-order valence-corrected chi connectivity index (χ1v) is 10.5. The third-order valence-electron chi connectivity index (χ3n) is 5.87.